The number of rotatable bonds is 2. The quantitative estimate of drug-likeness (QED) is 0.698. The van der Waals surface area contributed by atoms with Crippen molar-refractivity contribution >= 4 is 23.5 Å². The Morgan fingerprint density at radius 1 is 0.871 bits per heavy atom. The minimum absolute atomic E-state index is 0.309. The lowest BCUT2D eigenvalue weighted by Crippen LogP contribution is -2.74. The number of urea groups is 1. The van der Waals surface area contributed by atoms with Crippen molar-refractivity contribution in [1.82, 2.24) is 14.7 Å². The summed E-state index contributed by atoms with van der Waals surface area (Å²) in [6.45, 7) is 2.90. The van der Waals surface area contributed by atoms with Gasteiger partial charge < -0.3 is 4.90 Å². The first kappa shape index (κ1) is 19.8. The molecule has 0 unspecified atom stereocenters. The largest absolute Gasteiger partial charge is 0.364 e. The monoisotopic (exact) mass is 418 g/mol. The van der Waals surface area contributed by atoms with Gasteiger partial charge in [-0.1, -0.05) is 48.5 Å². The third-order valence-electron chi connectivity index (χ3n) is 7.00. The first-order chi connectivity index (χ1) is 14.9. The minimum atomic E-state index is -1.30. The smallest absolute Gasteiger partial charge is 0.332 e. The molecule has 1 spiro atoms. The molecule has 0 radical (unpaired) electrons. The van der Waals surface area contributed by atoms with Gasteiger partial charge in [-0.2, -0.15) is 0 Å². The summed E-state index contributed by atoms with van der Waals surface area (Å²) in [5, 5.41) is 0. The van der Waals surface area contributed by atoms with Crippen molar-refractivity contribution in [1.29, 1.82) is 0 Å². The highest BCUT2D eigenvalue weighted by atomic mass is 16.2. The number of hydrogen-bond donors (Lipinski definition) is 0. The second-order valence-corrected chi connectivity index (χ2v) is 8.72. The third-order valence-corrected chi connectivity index (χ3v) is 7.00. The number of barbiturate groups is 1. The van der Waals surface area contributed by atoms with Crippen LogP contribution in [0.5, 0.6) is 0 Å². The third kappa shape index (κ3) is 2.87. The van der Waals surface area contributed by atoms with E-state index in [1.165, 1.54) is 19.7 Å². The molecule has 0 N–H and O–H groups in total. The van der Waals surface area contributed by atoms with Crippen molar-refractivity contribution in [3.05, 3.63) is 65.7 Å². The normalized spacial score (nSPS) is 23.2. The van der Waals surface area contributed by atoms with Gasteiger partial charge in [-0.15, -0.1) is 0 Å². The number of carbonyl (C=O) groups excluding carboxylic acids is 3. The van der Waals surface area contributed by atoms with E-state index in [9.17, 15) is 14.4 Å². The zero-order valence-electron chi connectivity index (χ0n) is 17.8. The molecule has 1 atom stereocenters. The number of piperazine rings is 1. The summed E-state index contributed by atoms with van der Waals surface area (Å²) in [5.41, 5.74) is 1.96. The van der Waals surface area contributed by atoms with Crippen molar-refractivity contribution in [3.8, 4) is 0 Å². The molecule has 7 heteroatoms. The van der Waals surface area contributed by atoms with Gasteiger partial charge in [0.15, 0.2) is 5.41 Å². The highest BCUT2D eigenvalue weighted by molar-refractivity contribution is 6.20. The number of anilines is 1. The Bertz CT molecular complexity index is 1030. The van der Waals surface area contributed by atoms with Crippen LogP contribution in [0.3, 0.4) is 0 Å². The maximum absolute atomic E-state index is 13.6. The molecule has 7 nitrogen and oxygen atoms in total. The van der Waals surface area contributed by atoms with Crippen molar-refractivity contribution in [3.63, 3.8) is 0 Å². The van der Waals surface area contributed by atoms with Crippen LogP contribution < -0.4 is 4.90 Å². The predicted molar refractivity (Wildman–Crippen MR) is 116 cm³/mol. The van der Waals surface area contributed by atoms with Crippen LogP contribution in [0.4, 0.5) is 10.5 Å². The fourth-order valence-corrected chi connectivity index (χ4v) is 5.42. The van der Waals surface area contributed by atoms with Gasteiger partial charge in [-0.05, 0) is 23.6 Å². The summed E-state index contributed by atoms with van der Waals surface area (Å²) in [6.07, 6.45) is 0.309. The Morgan fingerprint density at radius 2 is 1.52 bits per heavy atom. The van der Waals surface area contributed by atoms with E-state index >= 15 is 0 Å². The van der Waals surface area contributed by atoms with E-state index in [1.807, 2.05) is 36.4 Å². The highest BCUT2D eigenvalue weighted by Crippen LogP contribution is 2.46. The first-order valence-electron chi connectivity index (χ1n) is 10.6. The molecule has 3 aliphatic rings. The number of benzene rings is 2. The molecule has 3 heterocycles. The molecule has 2 fully saturated rings. The van der Waals surface area contributed by atoms with Gasteiger partial charge in [0.1, 0.15) is 0 Å². The Labute approximate surface area is 181 Å². The van der Waals surface area contributed by atoms with E-state index in [-0.39, 0.29) is 6.04 Å². The van der Waals surface area contributed by atoms with Gasteiger partial charge in [-0.25, -0.2) is 4.79 Å². The summed E-state index contributed by atoms with van der Waals surface area (Å²) < 4.78 is 0. The van der Waals surface area contributed by atoms with Gasteiger partial charge in [-0.3, -0.25) is 24.3 Å². The minimum Gasteiger partial charge on any atom is -0.364 e. The van der Waals surface area contributed by atoms with Gasteiger partial charge >= 0.3 is 6.03 Å². The molecule has 0 saturated carbocycles. The summed E-state index contributed by atoms with van der Waals surface area (Å²) in [7, 11) is 2.95. The van der Waals surface area contributed by atoms with Crippen LogP contribution in [0.25, 0.3) is 0 Å². The summed E-state index contributed by atoms with van der Waals surface area (Å²) in [6, 6.07) is 17.3. The Hall–Kier alpha value is -3.19. The molecule has 31 heavy (non-hydrogen) atoms. The van der Waals surface area contributed by atoms with E-state index in [0.29, 0.717) is 13.0 Å². The van der Waals surface area contributed by atoms with E-state index in [0.717, 1.165) is 40.7 Å². The predicted octanol–water partition coefficient (Wildman–Crippen LogP) is 1.97. The molecule has 160 valence electrons. The van der Waals surface area contributed by atoms with Crippen molar-refractivity contribution in [2.75, 3.05) is 38.6 Å². The molecule has 3 aliphatic heterocycles. The SMILES string of the molecule is CN1C(=O)N(C)C(=O)C2(Cc3ccccc3N3CCN(Cc4ccccc4)C[C@H]32)C1=O. The number of nitrogens with zero attached hydrogens (tertiary/aromatic N) is 4. The number of imide groups is 2. The van der Waals surface area contributed by atoms with Crippen LogP contribution in [0.15, 0.2) is 54.6 Å². The fraction of sp³-hybridized carbons (Fsp3) is 0.375. The molecule has 4 amide bonds. The molecular weight excluding hydrogens is 392 g/mol. The van der Waals surface area contributed by atoms with Gasteiger partial charge in [0.25, 0.3) is 0 Å². The number of fused-ring (bicyclic) bond motifs is 4. The number of hydrogen-bond acceptors (Lipinski definition) is 5. The van der Waals surface area contributed by atoms with Gasteiger partial charge in [0.05, 0.1) is 6.04 Å². The van der Waals surface area contributed by atoms with Crippen molar-refractivity contribution in [2.24, 2.45) is 5.41 Å². The Balaban J connectivity index is 1.58. The molecule has 0 aromatic heterocycles. The van der Waals surface area contributed by atoms with Crippen LogP contribution in [0.2, 0.25) is 0 Å². The second-order valence-electron chi connectivity index (χ2n) is 8.72. The number of amides is 4. The molecule has 5 rings (SSSR count). The molecular formula is C24H26N4O3. The zero-order chi connectivity index (χ0) is 21.8. The lowest BCUT2D eigenvalue weighted by atomic mass is 9.67. The maximum Gasteiger partial charge on any atom is 0.332 e. The van der Waals surface area contributed by atoms with Crippen LogP contribution in [0.1, 0.15) is 11.1 Å². The van der Waals surface area contributed by atoms with Crippen LogP contribution in [-0.4, -0.2) is 72.3 Å². The molecule has 0 aliphatic carbocycles. The average Bonchev–Trinajstić information content (AvgIpc) is 2.81. The van der Waals surface area contributed by atoms with E-state index < -0.39 is 23.3 Å². The summed E-state index contributed by atoms with van der Waals surface area (Å²) in [4.78, 5) is 46.4. The average molecular weight is 418 g/mol. The van der Waals surface area contributed by atoms with E-state index in [2.05, 4.69) is 28.0 Å². The topological polar surface area (TPSA) is 64.2 Å². The van der Waals surface area contributed by atoms with Crippen LogP contribution in [0, 0.1) is 5.41 Å². The van der Waals surface area contributed by atoms with Crippen LogP contribution in [-0.2, 0) is 22.6 Å². The van der Waals surface area contributed by atoms with Crippen LogP contribution >= 0.6 is 0 Å². The standard InChI is InChI=1S/C24H26N4O3/c1-25-21(29)24(22(30)26(2)23(25)31)14-18-10-6-7-11-19(18)28-13-12-27(16-20(24)28)15-17-8-4-3-5-9-17/h3-11,20H,12-16H2,1-2H3/t20-/m0/s1. The lowest BCUT2D eigenvalue weighted by Gasteiger charge is -2.56. The second kappa shape index (κ2) is 7.20. The Kier molecular flexibility index (Phi) is 4.59. The molecule has 2 aromatic rings. The van der Waals surface area contributed by atoms with Gasteiger partial charge in [0, 0.05) is 46.0 Å². The summed E-state index contributed by atoms with van der Waals surface area (Å²) >= 11 is 0. The lowest BCUT2D eigenvalue weighted by molar-refractivity contribution is -0.160. The van der Waals surface area contributed by atoms with Gasteiger partial charge in [0.2, 0.25) is 11.8 Å². The zero-order valence-corrected chi connectivity index (χ0v) is 17.8. The van der Waals surface area contributed by atoms with Crippen molar-refractivity contribution in [2.45, 2.75) is 19.0 Å². The van der Waals surface area contributed by atoms with Crippen molar-refractivity contribution < 1.29 is 14.4 Å². The fourth-order valence-electron chi connectivity index (χ4n) is 5.42. The molecule has 0 bridgehead atoms. The first-order valence-corrected chi connectivity index (χ1v) is 10.6. The van der Waals surface area contributed by atoms with E-state index in [1.54, 1.807) is 0 Å². The number of para-hydroxylation sites is 1. The molecule has 2 saturated heterocycles. The number of carbonyl (C=O) groups is 3. The highest BCUT2D eigenvalue weighted by Gasteiger charge is 2.63. The Morgan fingerprint density at radius 3 is 2.23 bits per heavy atom. The maximum atomic E-state index is 13.6. The summed E-state index contributed by atoms with van der Waals surface area (Å²) in [5.74, 6) is -0.793. The van der Waals surface area contributed by atoms with E-state index in [4.69, 9.17) is 0 Å². The molecule has 2 aromatic carbocycles.